The summed E-state index contributed by atoms with van der Waals surface area (Å²) in [5, 5.41) is 0.214. The molecule has 0 radical (unpaired) electrons. The number of rotatable bonds is 5. The van der Waals surface area contributed by atoms with E-state index >= 15 is 0 Å². The molecule has 0 bridgehead atoms. The fourth-order valence-corrected chi connectivity index (χ4v) is 3.96. The van der Waals surface area contributed by atoms with Crippen molar-refractivity contribution in [1.82, 2.24) is 14.6 Å². The number of carbonyl (C=O) groups is 2. The maximum Gasteiger partial charge on any atom is 0.254 e. The fourth-order valence-electron chi connectivity index (χ4n) is 2.62. The summed E-state index contributed by atoms with van der Waals surface area (Å²) < 4.78 is 25.7. The first-order valence-electron chi connectivity index (χ1n) is 7.62. The van der Waals surface area contributed by atoms with Crippen LogP contribution in [0.15, 0.2) is 18.3 Å². The van der Waals surface area contributed by atoms with Gasteiger partial charge in [-0.2, -0.15) is 0 Å². The van der Waals surface area contributed by atoms with Crippen LogP contribution in [0.5, 0.6) is 0 Å². The highest BCUT2D eigenvalue weighted by Gasteiger charge is 2.43. The van der Waals surface area contributed by atoms with Crippen LogP contribution < -0.4 is 4.72 Å². The van der Waals surface area contributed by atoms with Crippen molar-refractivity contribution >= 4 is 33.4 Å². The Labute approximate surface area is 146 Å². The van der Waals surface area contributed by atoms with Gasteiger partial charge in [0.1, 0.15) is 5.15 Å². The van der Waals surface area contributed by atoms with E-state index in [4.69, 9.17) is 11.6 Å². The molecule has 0 spiro atoms. The predicted octanol–water partition coefficient (Wildman–Crippen LogP) is 1.44. The van der Waals surface area contributed by atoms with E-state index in [9.17, 15) is 18.0 Å². The molecule has 0 aliphatic carbocycles. The molecule has 1 unspecified atom stereocenters. The maximum absolute atomic E-state index is 12.5. The smallest absolute Gasteiger partial charge is 0.254 e. The number of hydrogen-bond acceptors (Lipinski definition) is 5. The van der Waals surface area contributed by atoms with Crippen LogP contribution in [0.1, 0.15) is 37.0 Å². The van der Waals surface area contributed by atoms with Crippen molar-refractivity contribution in [3.8, 4) is 0 Å². The van der Waals surface area contributed by atoms with E-state index in [-0.39, 0.29) is 23.4 Å². The highest BCUT2D eigenvalue weighted by molar-refractivity contribution is 7.90. The minimum Gasteiger partial charge on any atom is -0.338 e. The largest absolute Gasteiger partial charge is 0.338 e. The lowest BCUT2D eigenvalue weighted by Gasteiger charge is -2.23. The lowest BCUT2D eigenvalue weighted by atomic mass is 9.89. The van der Waals surface area contributed by atoms with Gasteiger partial charge in [0.15, 0.2) is 0 Å². The van der Waals surface area contributed by atoms with Gasteiger partial charge in [-0.1, -0.05) is 18.5 Å². The number of nitrogens with one attached hydrogen (secondary N) is 1. The minimum absolute atomic E-state index is 0.104. The third-order valence-electron chi connectivity index (χ3n) is 4.00. The second kappa shape index (κ2) is 7.06. The molecule has 2 heterocycles. The van der Waals surface area contributed by atoms with Crippen LogP contribution >= 0.6 is 11.6 Å². The zero-order chi connectivity index (χ0) is 18.0. The van der Waals surface area contributed by atoms with Crippen LogP contribution in [0.4, 0.5) is 0 Å². The van der Waals surface area contributed by atoms with Crippen molar-refractivity contribution in [2.75, 3.05) is 18.8 Å². The van der Waals surface area contributed by atoms with E-state index in [1.165, 1.54) is 17.2 Å². The van der Waals surface area contributed by atoms with Gasteiger partial charge in [0.2, 0.25) is 15.9 Å². The van der Waals surface area contributed by atoms with Gasteiger partial charge in [-0.25, -0.2) is 13.4 Å². The topological polar surface area (TPSA) is 96.4 Å². The third-order valence-corrected chi connectivity index (χ3v) is 5.65. The van der Waals surface area contributed by atoms with Crippen molar-refractivity contribution in [1.29, 1.82) is 0 Å². The van der Waals surface area contributed by atoms with Gasteiger partial charge in [-0.15, -0.1) is 0 Å². The molecule has 1 fully saturated rings. The SMILES string of the molecule is CCCS(=O)(=O)NC(=O)C1(C)CCN(C(=O)c2ccnc(Cl)c2)C1. The monoisotopic (exact) mass is 373 g/mol. The highest BCUT2D eigenvalue weighted by atomic mass is 35.5. The van der Waals surface area contributed by atoms with E-state index in [2.05, 4.69) is 9.71 Å². The second-order valence-electron chi connectivity index (χ2n) is 6.15. The first-order valence-corrected chi connectivity index (χ1v) is 9.66. The van der Waals surface area contributed by atoms with Gasteiger partial charge in [-0.05, 0) is 31.9 Å². The van der Waals surface area contributed by atoms with Crippen LogP contribution in [-0.2, 0) is 14.8 Å². The molecule has 7 nitrogen and oxygen atoms in total. The number of nitrogens with zero attached hydrogens (tertiary/aromatic N) is 2. The van der Waals surface area contributed by atoms with E-state index in [0.29, 0.717) is 24.9 Å². The summed E-state index contributed by atoms with van der Waals surface area (Å²) in [6, 6.07) is 3.01. The number of halogens is 1. The quantitative estimate of drug-likeness (QED) is 0.788. The Balaban J connectivity index is 2.08. The molecular weight excluding hydrogens is 354 g/mol. The molecule has 1 aliphatic heterocycles. The van der Waals surface area contributed by atoms with Crippen molar-refractivity contribution in [2.24, 2.45) is 5.41 Å². The van der Waals surface area contributed by atoms with Crippen molar-refractivity contribution < 1.29 is 18.0 Å². The van der Waals surface area contributed by atoms with Crippen LogP contribution in [0.2, 0.25) is 5.15 Å². The van der Waals surface area contributed by atoms with Gasteiger partial charge in [0, 0.05) is 24.8 Å². The zero-order valence-corrected chi connectivity index (χ0v) is 15.2. The summed E-state index contributed by atoms with van der Waals surface area (Å²) in [5.41, 5.74) is -0.550. The summed E-state index contributed by atoms with van der Waals surface area (Å²) in [4.78, 5) is 30.2. The second-order valence-corrected chi connectivity index (χ2v) is 8.38. The van der Waals surface area contributed by atoms with E-state index in [0.717, 1.165) is 0 Å². The molecule has 1 atom stereocenters. The van der Waals surface area contributed by atoms with Crippen LogP contribution in [0.3, 0.4) is 0 Å². The van der Waals surface area contributed by atoms with E-state index < -0.39 is 21.3 Å². The average molecular weight is 374 g/mol. The first kappa shape index (κ1) is 18.7. The molecule has 0 aromatic carbocycles. The summed E-state index contributed by atoms with van der Waals surface area (Å²) >= 11 is 5.79. The Morgan fingerprint density at radius 3 is 2.79 bits per heavy atom. The Hall–Kier alpha value is -1.67. The van der Waals surface area contributed by atoms with Crippen LogP contribution in [-0.4, -0.2) is 49.0 Å². The molecule has 1 aliphatic rings. The number of aromatic nitrogens is 1. The fraction of sp³-hybridized carbons (Fsp3) is 0.533. The highest BCUT2D eigenvalue weighted by Crippen LogP contribution is 2.31. The summed E-state index contributed by atoms with van der Waals surface area (Å²) in [7, 11) is -3.63. The van der Waals surface area contributed by atoms with E-state index in [1.807, 2.05) is 0 Å². The molecule has 1 aromatic rings. The number of pyridine rings is 1. The lowest BCUT2D eigenvalue weighted by Crippen LogP contribution is -2.44. The number of hydrogen-bond donors (Lipinski definition) is 1. The molecular formula is C15H20ClN3O4S. The molecule has 24 heavy (non-hydrogen) atoms. The van der Waals surface area contributed by atoms with E-state index in [1.54, 1.807) is 19.9 Å². The maximum atomic E-state index is 12.5. The molecule has 2 amide bonds. The van der Waals surface area contributed by atoms with Gasteiger partial charge in [0.05, 0.1) is 11.2 Å². The Morgan fingerprint density at radius 2 is 2.17 bits per heavy atom. The normalized spacial score (nSPS) is 20.9. The van der Waals surface area contributed by atoms with Crippen molar-refractivity contribution in [3.05, 3.63) is 29.0 Å². The van der Waals surface area contributed by atoms with Gasteiger partial charge >= 0.3 is 0 Å². The number of likely N-dealkylation sites (tertiary alicyclic amines) is 1. The Morgan fingerprint density at radius 1 is 1.46 bits per heavy atom. The van der Waals surface area contributed by atoms with Gasteiger partial charge in [0.25, 0.3) is 5.91 Å². The van der Waals surface area contributed by atoms with Crippen molar-refractivity contribution in [3.63, 3.8) is 0 Å². The predicted molar refractivity (Wildman–Crippen MR) is 90.1 cm³/mol. The molecule has 1 saturated heterocycles. The molecule has 132 valence electrons. The van der Waals surface area contributed by atoms with Gasteiger partial charge < -0.3 is 4.90 Å². The molecule has 9 heteroatoms. The first-order chi connectivity index (χ1) is 11.2. The molecule has 0 saturated carbocycles. The molecule has 2 rings (SSSR count). The standard InChI is InChI=1S/C15H20ClN3O4S/c1-3-8-24(22,23)18-14(21)15(2)5-7-19(10-15)13(20)11-4-6-17-12(16)9-11/h4,6,9H,3,5,7-8,10H2,1-2H3,(H,18,21). The summed E-state index contributed by atoms with van der Waals surface area (Å²) in [6.07, 6.45) is 2.26. The Kier molecular flexibility index (Phi) is 5.49. The molecule has 1 aromatic heterocycles. The van der Waals surface area contributed by atoms with Crippen molar-refractivity contribution in [2.45, 2.75) is 26.7 Å². The molecule has 1 N–H and O–H groups in total. The number of amides is 2. The van der Waals surface area contributed by atoms with Crippen LogP contribution in [0.25, 0.3) is 0 Å². The number of carbonyl (C=O) groups excluding carboxylic acids is 2. The third kappa shape index (κ3) is 4.24. The number of sulfonamides is 1. The lowest BCUT2D eigenvalue weighted by molar-refractivity contribution is -0.127. The zero-order valence-electron chi connectivity index (χ0n) is 13.6. The van der Waals surface area contributed by atoms with Crippen LogP contribution in [0, 0.1) is 5.41 Å². The summed E-state index contributed by atoms with van der Waals surface area (Å²) in [6.45, 7) is 3.91. The average Bonchev–Trinajstić information content (AvgIpc) is 2.90. The summed E-state index contributed by atoms with van der Waals surface area (Å²) in [5.74, 6) is -0.932. The Bertz CT molecular complexity index is 753. The minimum atomic E-state index is -3.63. The van der Waals surface area contributed by atoms with Gasteiger partial charge in [-0.3, -0.25) is 14.3 Å².